The number of nitrogens with one attached hydrogen (secondary N) is 1. The number of fused-ring (bicyclic) bond motifs is 1. The Morgan fingerprint density at radius 2 is 1.96 bits per heavy atom. The van der Waals surface area contributed by atoms with Gasteiger partial charge in [-0.3, -0.25) is 9.59 Å². The number of hydrogen-bond donors (Lipinski definition) is 1. The molecule has 138 valence electrons. The molecule has 26 heavy (non-hydrogen) atoms. The van der Waals surface area contributed by atoms with Gasteiger partial charge in [0, 0.05) is 17.6 Å². The largest absolute Gasteiger partial charge is 0.332 e. The summed E-state index contributed by atoms with van der Waals surface area (Å²) >= 11 is 1.59. The Morgan fingerprint density at radius 1 is 1.27 bits per heavy atom. The Labute approximate surface area is 159 Å². The van der Waals surface area contributed by atoms with E-state index in [0.717, 1.165) is 34.5 Å². The average Bonchev–Trinajstić information content (AvgIpc) is 3.00. The van der Waals surface area contributed by atoms with Gasteiger partial charge in [-0.2, -0.15) is 0 Å². The van der Waals surface area contributed by atoms with Crippen molar-refractivity contribution in [2.24, 2.45) is 5.92 Å². The fraction of sp³-hybridized carbons (Fsp3) is 0.429. The minimum atomic E-state index is -0.173. The van der Waals surface area contributed by atoms with Gasteiger partial charge in [-0.15, -0.1) is 11.3 Å². The summed E-state index contributed by atoms with van der Waals surface area (Å²) < 4.78 is 0. The van der Waals surface area contributed by atoms with Crippen molar-refractivity contribution in [3.63, 3.8) is 0 Å². The van der Waals surface area contributed by atoms with Crippen molar-refractivity contribution >= 4 is 28.8 Å². The lowest BCUT2D eigenvalue weighted by Crippen LogP contribution is -2.34. The molecule has 0 spiro atoms. The highest BCUT2D eigenvalue weighted by molar-refractivity contribution is 7.14. The molecule has 1 heterocycles. The SMILES string of the molecule is Cc1cccc(C)c1NC(=O)CN(C)C(=O)c1cc2c(s1)CCC(C)C2. The van der Waals surface area contributed by atoms with Crippen molar-refractivity contribution in [3.8, 4) is 0 Å². The zero-order valence-electron chi connectivity index (χ0n) is 15.9. The van der Waals surface area contributed by atoms with Crippen LogP contribution in [0.3, 0.4) is 0 Å². The molecule has 2 amide bonds. The highest BCUT2D eigenvalue weighted by Crippen LogP contribution is 2.32. The first-order valence-corrected chi connectivity index (χ1v) is 9.90. The van der Waals surface area contributed by atoms with Crippen LogP contribution >= 0.6 is 11.3 Å². The molecule has 1 N–H and O–H groups in total. The van der Waals surface area contributed by atoms with E-state index in [9.17, 15) is 9.59 Å². The molecule has 0 saturated carbocycles. The van der Waals surface area contributed by atoms with Gasteiger partial charge in [0.2, 0.25) is 5.91 Å². The van der Waals surface area contributed by atoms with Crippen LogP contribution in [0.5, 0.6) is 0 Å². The van der Waals surface area contributed by atoms with Crippen molar-refractivity contribution in [2.75, 3.05) is 18.9 Å². The predicted octanol–water partition coefficient (Wildman–Crippen LogP) is 4.20. The molecule has 1 aliphatic carbocycles. The molecule has 1 aromatic heterocycles. The Bertz CT molecular complexity index is 820. The van der Waals surface area contributed by atoms with Gasteiger partial charge in [0.05, 0.1) is 11.4 Å². The second kappa shape index (κ2) is 7.62. The summed E-state index contributed by atoms with van der Waals surface area (Å²) in [7, 11) is 1.69. The van der Waals surface area contributed by atoms with Gasteiger partial charge in [-0.05, 0) is 61.8 Å². The zero-order chi connectivity index (χ0) is 18.8. The highest BCUT2D eigenvalue weighted by Gasteiger charge is 2.23. The highest BCUT2D eigenvalue weighted by atomic mass is 32.1. The Balaban J connectivity index is 1.65. The summed E-state index contributed by atoms with van der Waals surface area (Å²) in [5.74, 6) is 0.433. The van der Waals surface area contributed by atoms with Gasteiger partial charge in [-0.25, -0.2) is 0 Å². The van der Waals surface area contributed by atoms with E-state index >= 15 is 0 Å². The first-order valence-electron chi connectivity index (χ1n) is 9.08. The predicted molar refractivity (Wildman–Crippen MR) is 107 cm³/mol. The number of thiophene rings is 1. The van der Waals surface area contributed by atoms with Crippen LogP contribution in [0, 0.1) is 19.8 Å². The number of para-hydroxylation sites is 1. The van der Waals surface area contributed by atoms with Crippen LogP contribution in [0.1, 0.15) is 44.6 Å². The van der Waals surface area contributed by atoms with Crippen LogP contribution in [-0.2, 0) is 17.6 Å². The van der Waals surface area contributed by atoms with E-state index in [4.69, 9.17) is 0 Å². The summed E-state index contributed by atoms with van der Waals surface area (Å²) in [4.78, 5) is 28.7. The molecule has 1 atom stereocenters. The summed E-state index contributed by atoms with van der Waals surface area (Å²) in [5.41, 5.74) is 4.18. The number of nitrogens with zero attached hydrogens (tertiary/aromatic N) is 1. The molecule has 1 aromatic carbocycles. The van der Waals surface area contributed by atoms with E-state index in [0.29, 0.717) is 5.92 Å². The molecule has 1 aliphatic rings. The van der Waals surface area contributed by atoms with E-state index in [1.165, 1.54) is 21.8 Å². The maximum absolute atomic E-state index is 12.7. The van der Waals surface area contributed by atoms with Crippen LogP contribution in [0.2, 0.25) is 0 Å². The summed E-state index contributed by atoms with van der Waals surface area (Å²) in [6.45, 7) is 6.24. The number of carbonyl (C=O) groups excluding carboxylic acids is 2. The quantitative estimate of drug-likeness (QED) is 0.877. The Morgan fingerprint density at radius 3 is 2.65 bits per heavy atom. The number of rotatable bonds is 4. The summed E-state index contributed by atoms with van der Waals surface area (Å²) in [5, 5.41) is 2.94. The maximum Gasteiger partial charge on any atom is 0.264 e. The minimum absolute atomic E-state index is 0.0472. The van der Waals surface area contributed by atoms with Crippen LogP contribution in [0.15, 0.2) is 24.3 Å². The van der Waals surface area contributed by atoms with Gasteiger partial charge in [0.25, 0.3) is 5.91 Å². The number of likely N-dealkylation sites (N-methyl/N-ethyl adjacent to an activating group) is 1. The zero-order valence-corrected chi connectivity index (χ0v) is 16.7. The van der Waals surface area contributed by atoms with E-state index in [2.05, 4.69) is 12.2 Å². The smallest absolute Gasteiger partial charge is 0.264 e. The van der Waals surface area contributed by atoms with Crippen molar-refractivity contribution in [3.05, 3.63) is 50.7 Å². The number of hydrogen-bond acceptors (Lipinski definition) is 3. The van der Waals surface area contributed by atoms with Crippen molar-refractivity contribution in [1.82, 2.24) is 4.90 Å². The van der Waals surface area contributed by atoms with E-state index in [-0.39, 0.29) is 18.4 Å². The van der Waals surface area contributed by atoms with Crippen molar-refractivity contribution < 1.29 is 9.59 Å². The van der Waals surface area contributed by atoms with E-state index in [1.807, 2.05) is 38.1 Å². The molecule has 0 radical (unpaired) electrons. The van der Waals surface area contributed by atoms with Gasteiger partial charge in [-0.1, -0.05) is 25.1 Å². The third kappa shape index (κ3) is 3.98. The van der Waals surface area contributed by atoms with Gasteiger partial charge < -0.3 is 10.2 Å². The minimum Gasteiger partial charge on any atom is -0.332 e. The summed E-state index contributed by atoms with van der Waals surface area (Å²) in [6, 6.07) is 7.93. The molecule has 3 rings (SSSR count). The van der Waals surface area contributed by atoms with Gasteiger partial charge in [0.1, 0.15) is 0 Å². The third-order valence-corrected chi connectivity index (χ3v) is 6.24. The second-order valence-electron chi connectivity index (χ2n) is 7.38. The molecular weight excluding hydrogens is 344 g/mol. The monoisotopic (exact) mass is 370 g/mol. The van der Waals surface area contributed by atoms with Crippen LogP contribution in [0.25, 0.3) is 0 Å². The fourth-order valence-electron chi connectivity index (χ4n) is 3.48. The van der Waals surface area contributed by atoms with Gasteiger partial charge in [0.15, 0.2) is 0 Å². The molecule has 0 bridgehead atoms. The number of anilines is 1. The number of aryl methyl sites for hydroxylation is 3. The summed E-state index contributed by atoms with van der Waals surface area (Å²) in [6.07, 6.45) is 3.30. The molecule has 1 unspecified atom stereocenters. The second-order valence-corrected chi connectivity index (χ2v) is 8.52. The normalized spacial score (nSPS) is 16.1. The first kappa shape index (κ1) is 18.6. The third-order valence-electron chi connectivity index (χ3n) is 5.01. The van der Waals surface area contributed by atoms with Crippen molar-refractivity contribution in [2.45, 2.75) is 40.0 Å². The molecule has 0 fully saturated rings. The standard InChI is InChI=1S/C21H26N2O2S/c1-13-8-9-17-16(10-13)11-18(26-17)21(25)23(4)12-19(24)22-20-14(2)6-5-7-15(20)3/h5-7,11,13H,8-10,12H2,1-4H3,(H,22,24). The van der Waals surface area contributed by atoms with E-state index < -0.39 is 0 Å². The van der Waals surface area contributed by atoms with Gasteiger partial charge >= 0.3 is 0 Å². The Kier molecular flexibility index (Phi) is 5.47. The average molecular weight is 371 g/mol. The van der Waals surface area contributed by atoms with Crippen LogP contribution in [0.4, 0.5) is 5.69 Å². The Hall–Kier alpha value is -2.14. The topological polar surface area (TPSA) is 49.4 Å². The fourth-order valence-corrected chi connectivity index (χ4v) is 4.68. The number of amides is 2. The number of benzene rings is 1. The molecule has 5 heteroatoms. The number of carbonyl (C=O) groups is 2. The van der Waals surface area contributed by atoms with Crippen LogP contribution in [-0.4, -0.2) is 30.3 Å². The lowest BCUT2D eigenvalue weighted by molar-refractivity contribution is -0.116. The molecule has 0 saturated heterocycles. The lowest BCUT2D eigenvalue weighted by atomic mass is 9.90. The first-order chi connectivity index (χ1) is 12.3. The van der Waals surface area contributed by atoms with Crippen LogP contribution < -0.4 is 5.32 Å². The van der Waals surface area contributed by atoms with Crippen molar-refractivity contribution in [1.29, 1.82) is 0 Å². The molecule has 2 aromatic rings. The molecule has 0 aliphatic heterocycles. The molecule has 4 nitrogen and oxygen atoms in total. The maximum atomic E-state index is 12.7. The molecular formula is C21H26N2O2S. The van der Waals surface area contributed by atoms with E-state index in [1.54, 1.807) is 18.4 Å². The lowest BCUT2D eigenvalue weighted by Gasteiger charge is -2.17.